The largest absolute Gasteiger partial charge is 0.465 e. The first kappa shape index (κ1) is 16.2. The van der Waals surface area contributed by atoms with E-state index in [1.165, 1.54) is 38.5 Å². The van der Waals surface area contributed by atoms with Gasteiger partial charge in [-0.2, -0.15) is 0 Å². The van der Waals surface area contributed by atoms with E-state index >= 15 is 0 Å². The average molecular weight is 267 g/mol. The Kier molecular flexibility index (Phi) is 7.14. The molecule has 0 aromatic heterocycles. The topological polar surface area (TPSA) is 38.3 Å². The van der Waals surface area contributed by atoms with E-state index in [1.54, 1.807) is 0 Å². The maximum atomic E-state index is 12.2. The third-order valence-electron chi connectivity index (χ3n) is 3.95. The molecule has 1 atom stereocenters. The summed E-state index contributed by atoms with van der Waals surface area (Å²) in [5.74, 6) is -0.124. The number of hydrogen-bond acceptors (Lipinski definition) is 3. The third kappa shape index (κ3) is 5.35. The van der Waals surface area contributed by atoms with E-state index in [4.69, 9.17) is 4.74 Å². The van der Waals surface area contributed by atoms with Gasteiger partial charge in [0.25, 0.3) is 0 Å². The molecular formula is C16H29NO2. The molecule has 0 aliphatic heterocycles. The summed E-state index contributed by atoms with van der Waals surface area (Å²) >= 11 is 0. The number of esters is 1. The minimum absolute atomic E-state index is 0.124. The molecule has 0 amide bonds. The quantitative estimate of drug-likeness (QED) is 0.435. The first-order valence-corrected chi connectivity index (χ1v) is 7.68. The number of carbonyl (C=O) groups is 1. The minimum Gasteiger partial charge on any atom is -0.465 e. The molecule has 1 unspecified atom stereocenters. The standard InChI is InChI=1S/C16H29NO2/c1-4-6-13-16(3,15(18)19-5-2)17-14-11-9-7-8-10-12-14/h4,14,17H,1,5-13H2,2-3H3. The highest BCUT2D eigenvalue weighted by Gasteiger charge is 2.35. The van der Waals surface area contributed by atoms with Crippen LogP contribution in [0.5, 0.6) is 0 Å². The predicted octanol–water partition coefficient (Wildman–Crippen LogP) is 3.59. The van der Waals surface area contributed by atoms with Gasteiger partial charge in [0, 0.05) is 6.04 Å². The zero-order valence-electron chi connectivity index (χ0n) is 12.5. The Balaban J connectivity index is 2.65. The van der Waals surface area contributed by atoms with Crippen LogP contribution in [-0.4, -0.2) is 24.2 Å². The summed E-state index contributed by atoms with van der Waals surface area (Å²) in [6, 6.07) is 0.446. The number of nitrogens with one attached hydrogen (secondary N) is 1. The van der Waals surface area contributed by atoms with Crippen LogP contribution < -0.4 is 5.32 Å². The van der Waals surface area contributed by atoms with Crippen molar-refractivity contribution in [2.45, 2.75) is 76.8 Å². The van der Waals surface area contributed by atoms with E-state index in [9.17, 15) is 4.79 Å². The molecule has 0 radical (unpaired) electrons. The SMILES string of the molecule is C=CCCC(C)(NC1CCCCCC1)C(=O)OCC. The van der Waals surface area contributed by atoms with Crippen LogP contribution in [0.4, 0.5) is 0 Å². The molecule has 0 bridgehead atoms. The zero-order valence-corrected chi connectivity index (χ0v) is 12.5. The molecule has 3 nitrogen and oxygen atoms in total. The second-order valence-corrected chi connectivity index (χ2v) is 5.71. The van der Waals surface area contributed by atoms with E-state index in [2.05, 4.69) is 11.9 Å². The van der Waals surface area contributed by atoms with Crippen LogP contribution >= 0.6 is 0 Å². The summed E-state index contributed by atoms with van der Waals surface area (Å²) in [5, 5.41) is 3.57. The molecule has 1 aliphatic rings. The molecule has 0 aromatic rings. The summed E-state index contributed by atoms with van der Waals surface area (Å²) in [6.45, 7) is 8.02. The molecule has 0 heterocycles. The van der Waals surface area contributed by atoms with Crippen molar-refractivity contribution in [3.05, 3.63) is 12.7 Å². The lowest BCUT2D eigenvalue weighted by Crippen LogP contribution is -2.54. The van der Waals surface area contributed by atoms with E-state index in [-0.39, 0.29) is 5.97 Å². The molecule has 3 heteroatoms. The van der Waals surface area contributed by atoms with Crippen LogP contribution in [0.15, 0.2) is 12.7 Å². The van der Waals surface area contributed by atoms with Crippen LogP contribution in [-0.2, 0) is 9.53 Å². The number of allylic oxidation sites excluding steroid dienone is 1. The maximum Gasteiger partial charge on any atom is 0.326 e. The molecule has 1 aliphatic carbocycles. The third-order valence-corrected chi connectivity index (χ3v) is 3.95. The maximum absolute atomic E-state index is 12.2. The zero-order chi connectivity index (χ0) is 14.1. The van der Waals surface area contributed by atoms with Gasteiger partial charge in [-0.05, 0) is 39.5 Å². The van der Waals surface area contributed by atoms with Gasteiger partial charge in [0.2, 0.25) is 0 Å². The van der Waals surface area contributed by atoms with Crippen molar-refractivity contribution in [3.8, 4) is 0 Å². The Labute approximate surface area is 117 Å². The lowest BCUT2D eigenvalue weighted by atomic mass is 9.93. The van der Waals surface area contributed by atoms with E-state index < -0.39 is 5.54 Å². The normalized spacial score (nSPS) is 20.3. The Bertz CT molecular complexity index is 282. The lowest BCUT2D eigenvalue weighted by Gasteiger charge is -2.32. The van der Waals surface area contributed by atoms with Crippen LogP contribution in [0, 0.1) is 0 Å². The van der Waals surface area contributed by atoms with Crippen molar-refractivity contribution in [3.63, 3.8) is 0 Å². The first-order chi connectivity index (χ1) is 9.12. The minimum atomic E-state index is -0.570. The van der Waals surface area contributed by atoms with Crippen LogP contribution in [0.2, 0.25) is 0 Å². The molecule has 0 spiro atoms. The van der Waals surface area contributed by atoms with Gasteiger partial charge in [-0.1, -0.05) is 31.8 Å². The summed E-state index contributed by atoms with van der Waals surface area (Å²) < 4.78 is 5.24. The first-order valence-electron chi connectivity index (χ1n) is 7.68. The number of rotatable bonds is 7. The Hall–Kier alpha value is -0.830. The summed E-state index contributed by atoms with van der Waals surface area (Å²) in [7, 11) is 0. The highest BCUT2D eigenvalue weighted by atomic mass is 16.5. The van der Waals surface area contributed by atoms with Crippen molar-refractivity contribution in [1.29, 1.82) is 0 Å². The molecule has 1 N–H and O–H groups in total. The van der Waals surface area contributed by atoms with Gasteiger partial charge in [0.15, 0.2) is 0 Å². The Morgan fingerprint density at radius 3 is 2.53 bits per heavy atom. The van der Waals surface area contributed by atoms with Crippen molar-refractivity contribution < 1.29 is 9.53 Å². The van der Waals surface area contributed by atoms with E-state index in [0.717, 1.165) is 12.8 Å². The van der Waals surface area contributed by atoms with Gasteiger partial charge in [-0.25, -0.2) is 0 Å². The van der Waals surface area contributed by atoms with E-state index in [1.807, 2.05) is 19.9 Å². The van der Waals surface area contributed by atoms with Gasteiger partial charge in [-0.15, -0.1) is 6.58 Å². The molecule has 19 heavy (non-hydrogen) atoms. The molecular weight excluding hydrogens is 238 g/mol. The second-order valence-electron chi connectivity index (χ2n) is 5.71. The smallest absolute Gasteiger partial charge is 0.326 e. The molecule has 110 valence electrons. The fourth-order valence-corrected chi connectivity index (χ4v) is 2.79. The molecule has 0 aromatic carbocycles. The monoisotopic (exact) mass is 267 g/mol. The van der Waals surface area contributed by atoms with Crippen molar-refractivity contribution in [2.75, 3.05) is 6.61 Å². The number of ether oxygens (including phenoxy) is 1. The molecule has 1 saturated carbocycles. The van der Waals surface area contributed by atoms with Crippen molar-refractivity contribution in [1.82, 2.24) is 5.32 Å². The summed E-state index contributed by atoms with van der Waals surface area (Å²) in [5.41, 5.74) is -0.570. The molecule has 0 saturated heterocycles. The van der Waals surface area contributed by atoms with Gasteiger partial charge < -0.3 is 4.74 Å². The van der Waals surface area contributed by atoms with Crippen LogP contribution in [0.25, 0.3) is 0 Å². The van der Waals surface area contributed by atoms with Crippen LogP contribution in [0.1, 0.15) is 65.2 Å². The Morgan fingerprint density at radius 2 is 2.00 bits per heavy atom. The van der Waals surface area contributed by atoms with Gasteiger partial charge in [0.05, 0.1) is 6.61 Å². The fraction of sp³-hybridized carbons (Fsp3) is 0.812. The second kappa shape index (κ2) is 8.36. The van der Waals surface area contributed by atoms with Gasteiger partial charge in [0.1, 0.15) is 5.54 Å². The molecule has 1 fully saturated rings. The molecule has 1 rings (SSSR count). The summed E-state index contributed by atoms with van der Waals surface area (Å²) in [4.78, 5) is 12.2. The fourth-order valence-electron chi connectivity index (χ4n) is 2.79. The van der Waals surface area contributed by atoms with Crippen molar-refractivity contribution in [2.24, 2.45) is 0 Å². The number of hydrogen-bond donors (Lipinski definition) is 1. The number of carbonyl (C=O) groups excluding carboxylic acids is 1. The van der Waals surface area contributed by atoms with Crippen LogP contribution in [0.3, 0.4) is 0 Å². The highest BCUT2D eigenvalue weighted by Crippen LogP contribution is 2.23. The average Bonchev–Trinajstić information content (AvgIpc) is 2.65. The Morgan fingerprint density at radius 1 is 1.37 bits per heavy atom. The van der Waals surface area contributed by atoms with Gasteiger partial charge >= 0.3 is 5.97 Å². The predicted molar refractivity (Wildman–Crippen MR) is 79.1 cm³/mol. The van der Waals surface area contributed by atoms with Gasteiger partial charge in [-0.3, -0.25) is 10.1 Å². The van der Waals surface area contributed by atoms with Crippen molar-refractivity contribution >= 4 is 5.97 Å². The highest BCUT2D eigenvalue weighted by molar-refractivity contribution is 5.80. The summed E-state index contributed by atoms with van der Waals surface area (Å²) in [6.07, 6.45) is 11.0. The van der Waals surface area contributed by atoms with E-state index in [0.29, 0.717) is 12.6 Å². The lowest BCUT2D eigenvalue weighted by molar-refractivity contribution is -0.151.